The van der Waals surface area contributed by atoms with Crippen molar-refractivity contribution in [1.82, 2.24) is 4.98 Å². The van der Waals surface area contributed by atoms with Crippen molar-refractivity contribution in [2.45, 2.75) is 26.0 Å². The van der Waals surface area contributed by atoms with Crippen LogP contribution in [-0.4, -0.2) is 16.6 Å². The number of pyridine rings is 1. The zero-order valence-corrected chi connectivity index (χ0v) is 11.2. The number of aliphatic hydroxyl groups excluding tert-OH is 1. The van der Waals surface area contributed by atoms with E-state index in [-0.39, 0.29) is 6.61 Å². The molecular weight excluding hydrogens is 244 g/mol. The fourth-order valence-electron chi connectivity index (χ4n) is 2.61. The highest BCUT2D eigenvalue weighted by Gasteiger charge is 2.26. The number of nitrogens with zero attached hydrogens (tertiary/aromatic N) is 2. The summed E-state index contributed by atoms with van der Waals surface area (Å²) in [4.78, 5) is 8.23. The van der Waals surface area contributed by atoms with E-state index in [4.69, 9.17) is 0 Å². The van der Waals surface area contributed by atoms with Gasteiger partial charge in [0.2, 0.25) is 0 Å². The second kappa shape index (κ2) is 4.71. The van der Waals surface area contributed by atoms with Gasteiger partial charge in [0.1, 0.15) is 5.82 Å². The highest BCUT2D eigenvalue weighted by molar-refractivity contribution is 7.10. The van der Waals surface area contributed by atoms with Crippen molar-refractivity contribution >= 4 is 17.2 Å². The summed E-state index contributed by atoms with van der Waals surface area (Å²) in [5.41, 5.74) is 2.31. The largest absolute Gasteiger partial charge is 0.392 e. The normalized spacial score (nSPS) is 18.8. The van der Waals surface area contributed by atoms with Crippen LogP contribution in [0.25, 0.3) is 0 Å². The standard InChI is InChI=1S/C14H16N2OS/c1-10-12-5-8-18-13(12)4-7-16(10)14-11(9-17)3-2-6-15-14/h2-3,5-6,8,10,17H,4,7,9H2,1H3. The van der Waals surface area contributed by atoms with Crippen LogP contribution in [0.4, 0.5) is 5.82 Å². The highest BCUT2D eigenvalue weighted by atomic mass is 32.1. The Bertz CT molecular complexity index is 552. The monoisotopic (exact) mass is 260 g/mol. The van der Waals surface area contributed by atoms with Gasteiger partial charge in [0, 0.05) is 23.2 Å². The SMILES string of the molecule is CC1c2ccsc2CCN1c1ncccc1CO. The summed E-state index contributed by atoms with van der Waals surface area (Å²) in [6.45, 7) is 3.22. The average molecular weight is 260 g/mol. The Hall–Kier alpha value is -1.39. The third-order valence-electron chi connectivity index (χ3n) is 3.59. The van der Waals surface area contributed by atoms with Gasteiger partial charge < -0.3 is 10.0 Å². The van der Waals surface area contributed by atoms with Crippen LogP contribution in [0.2, 0.25) is 0 Å². The molecule has 0 radical (unpaired) electrons. The molecule has 1 atom stereocenters. The molecule has 3 heterocycles. The summed E-state index contributed by atoms with van der Waals surface area (Å²) in [7, 11) is 0. The Labute approximate surface area is 111 Å². The maximum atomic E-state index is 9.43. The Kier molecular flexibility index (Phi) is 3.06. The number of anilines is 1. The third-order valence-corrected chi connectivity index (χ3v) is 4.58. The van der Waals surface area contributed by atoms with E-state index < -0.39 is 0 Å². The predicted molar refractivity (Wildman–Crippen MR) is 73.9 cm³/mol. The molecular formula is C14H16N2OS. The van der Waals surface area contributed by atoms with Crippen molar-refractivity contribution in [2.24, 2.45) is 0 Å². The van der Waals surface area contributed by atoms with Crippen LogP contribution in [0.15, 0.2) is 29.8 Å². The third kappa shape index (κ3) is 1.82. The van der Waals surface area contributed by atoms with E-state index in [1.54, 1.807) is 6.20 Å². The first kappa shape index (κ1) is 11.7. The molecule has 3 nitrogen and oxygen atoms in total. The zero-order chi connectivity index (χ0) is 12.5. The van der Waals surface area contributed by atoms with E-state index in [1.165, 1.54) is 10.4 Å². The summed E-state index contributed by atoms with van der Waals surface area (Å²) < 4.78 is 0. The number of hydrogen-bond acceptors (Lipinski definition) is 4. The molecule has 3 rings (SSSR count). The number of aromatic nitrogens is 1. The smallest absolute Gasteiger partial charge is 0.134 e. The maximum absolute atomic E-state index is 9.43. The molecule has 0 fully saturated rings. The number of rotatable bonds is 2. The zero-order valence-electron chi connectivity index (χ0n) is 10.3. The molecule has 1 aliphatic heterocycles. The first-order valence-corrected chi connectivity index (χ1v) is 7.07. The molecule has 2 aromatic rings. The lowest BCUT2D eigenvalue weighted by molar-refractivity contribution is 0.281. The van der Waals surface area contributed by atoms with Crippen molar-refractivity contribution < 1.29 is 5.11 Å². The Balaban J connectivity index is 1.99. The van der Waals surface area contributed by atoms with Crippen molar-refractivity contribution in [3.05, 3.63) is 45.8 Å². The van der Waals surface area contributed by atoms with Gasteiger partial charge in [-0.05, 0) is 36.4 Å². The van der Waals surface area contributed by atoms with Crippen molar-refractivity contribution in [2.75, 3.05) is 11.4 Å². The van der Waals surface area contributed by atoms with E-state index in [0.717, 1.165) is 24.3 Å². The lowest BCUT2D eigenvalue weighted by Gasteiger charge is -2.35. The molecule has 18 heavy (non-hydrogen) atoms. The summed E-state index contributed by atoms with van der Waals surface area (Å²) in [6.07, 6.45) is 2.86. The summed E-state index contributed by atoms with van der Waals surface area (Å²) in [6, 6.07) is 6.36. The molecule has 0 spiro atoms. The highest BCUT2D eigenvalue weighted by Crippen LogP contribution is 2.36. The molecule has 0 saturated carbocycles. The summed E-state index contributed by atoms with van der Waals surface area (Å²) in [5.74, 6) is 0.921. The van der Waals surface area contributed by atoms with Crippen LogP contribution < -0.4 is 4.90 Å². The van der Waals surface area contributed by atoms with Crippen LogP contribution in [0.3, 0.4) is 0 Å². The van der Waals surface area contributed by atoms with Gasteiger partial charge in [-0.25, -0.2) is 4.98 Å². The molecule has 1 unspecified atom stereocenters. The van der Waals surface area contributed by atoms with Gasteiger partial charge in [0.05, 0.1) is 12.6 Å². The average Bonchev–Trinajstić information content (AvgIpc) is 2.88. The van der Waals surface area contributed by atoms with Gasteiger partial charge in [0.15, 0.2) is 0 Å². The minimum Gasteiger partial charge on any atom is -0.392 e. The molecule has 0 amide bonds. The number of hydrogen-bond donors (Lipinski definition) is 1. The van der Waals surface area contributed by atoms with Gasteiger partial charge in [-0.3, -0.25) is 0 Å². The Morgan fingerprint density at radius 1 is 1.50 bits per heavy atom. The fraction of sp³-hybridized carbons (Fsp3) is 0.357. The maximum Gasteiger partial charge on any atom is 0.134 e. The van der Waals surface area contributed by atoms with Crippen LogP contribution in [0.5, 0.6) is 0 Å². The molecule has 4 heteroatoms. The van der Waals surface area contributed by atoms with Gasteiger partial charge in [-0.15, -0.1) is 11.3 Å². The second-order valence-corrected chi connectivity index (χ2v) is 5.56. The number of aliphatic hydroxyl groups is 1. The van der Waals surface area contributed by atoms with Crippen molar-refractivity contribution in [1.29, 1.82) is 0 Å². The first-order chi connectivity index (χ1) is 8.81. The first-order valence-electron chi connectivity index (χ1n) is 6.19. The van der Waals surface area contributed by atoms with E-state index >= 15 is 0 Å². The van der Waals surface area contributed by atoms with Crippen LogP contribution in [0, 0.1) is 0 Å². The molecule has 2 aromatic heterocycles. The molecule has 0 bridgehead atoms. The van der Waals surface area contributed by atoms with Crippen LogP contribution in [-0.2, 0) is 13.0 Å². The minimum absolute atomic E-state index is 0.0445. The van der Waals surface area contributed by atoms with Crippen LogP contribution >= 0.6 is 11.3 Å². The van der Waals surface area contributed by atoms with E-state index in [9.17, 15) is 5.11 Å². The topological polar surface area (TPSA) is 36.4 Å². The molecule has 0 aromatic carbocycles. The van der Waals surface area contributed by atoms with E-state index in [2.05, 4.69) is 28.3 Å². The van der Waals surface area contributed by atoms with Gasteiger partial charge in [0.25, 0.3) is 0 Å². The molecule has 0 saturated heterocycles. The van der Waals surface area contributed by atoms with Gasteiger partial charge in [-0.1, -0.05) is 6.07 Å². The Morgan fingerprint density at radius 2 is 2.39 bits per heavy atom. The van der Waals surface area contributed by atoms with Crippen LogP contribution in [0.1, 0.15) is 29.0 Å². The fourth-order valence-corrected chi connectivity index (χ4v) is 3.57. The molecule has 0 aliphatic carbocycles. The summed E-state index contributed by atoms with van der Waals surface area (Å²) >= 11 is 1.84. The molecule has 1 aliphatic rings. The number of thiophene rings is 1. The quantitative estimate of drug-likeness (QED) is 0.902. The Morgan fingerprint density at radius 3 is 3.22 bits per heavy atom. The van der Waals surface area contributed by atoms with Crippen molar-refractivity contribution in [3.63, 3.8) is 0 Å². The molecule has 1 N–H and O–H groups in total. The number of fused-ring (bicyclic) bond motifs is 1. The predicted octanol–water partition coefficient (Wildman–Crippen LogP) is 2.76. The lowest BCUT2D eigenvalue weighted by atomic mass is 10.0. The van der Waals surface area contributed by atoms with Gasteiger partial charge in [-0.2, -0.15) is 0 Å². The van der Waals surface area contributed by atoms with Gasteiger partial charge >= 0.3 is 0 Å². The van der Waals surface area contributed by atoms with E-state index in [0.29, 0.717) is 6.04 Å². The lowest BCUT2D eigenvalue weighted by Crippen LogP contribution is -2.34. The molecule has 94 valence electrons. The minimum atomic E-state index is 0.0445. The van der Waals surface area contributed by atoms with Crippen molar-refractivity contribution in [3.8, 4) is 0 Å². The second-order valence-electron chi connectivity index (χ2n) is 4.56. The van der Waals surface area contributed by atoms with E-state index in [1.807, 2.05) is 23.5 Å². The summed E-state index contributed by atoms with van der Waals surface area (Å²) in [5, 5.41) is 11.6.